The first-order valence-corrected chi connectivity index (χ1v) is 15.2. The normalized spacial score (nSPS) is 10.6. The second-order valence-corrected chi connectivity index (χ2v) is 11.6. The van der Waals surface area contributed by atoms with Gasteiger partial charge in [-0.25, -0.2) is 0 Å². The number of rotatable bonds is 5. The fraction of sp³-hybridized carbons (Fsp3) is 0.103. The predicted molar refractivity (Wildman–Crippen MR) is 180 cm³/mol. The van der Waals surface area contributed by atoms with Crippen molar-refractivity contribution in [3.05, 3.63) is 151 Å². The van der Waals surface area contributed by atoms with Crippen molar-refractivity contribution >= 4 is 21.6 Å². The minimum atomic E-state index is 0. The fourth-order valence-electron chi connectivity index (χ4n) is 5.02. The van der Waals surface area contributed by atoms with Gasteiger partial charge < -0.3 is 9.97 Å². The number of benzene rings is 4. The molecule has 3 nitrogen and oxygen atoms in total. The van der Waals surface area contributed by atoms with Gasteiger partial charge in [-0.2, -0.15) is 0 Å². The summed E-state index contributed by atoms with van der Waals surface area (Å²) in [5.74, 6) is 0.451. The van der Waals surface area contributed by atoms with Gasteiger partial charge in [0.2, 0.25) is 0 Å². The topological polar surface area (TPSA) is 38.7 Å². The van der Waals surface area contributed by atoms with Crippen molar-refractivity contribution in [2.45, 2.75) is 26.7 Å². The zero-order valence-corrected chi connectivity index (χ0v) is 28.0. The van der Waals surface area contributed by atoms with Crippen molar-refractivity contribution in [1.29, 1.82) is 0 Å². The number of hydrogen-bond acceptors (Lipinski definition) is 4. The minimum absolute atomic E-state index is 0. The number of nitrogens with zero attached hydrogens (tertiary/aromatic N) is 3. The molecule has 0 saturated carbocycles. The van der Waals surface area contributed by atoms with Gasteiger partial charge in [-0.1, -0.05) is 98.3 Å². The molecule has 0 atom stereocenters. The molecule has 0 aliphatic heterocycles. The first kappa shape index (κ1) is 31.2. The Morgan fingerprint density at radius 3 is 2.07 bits per heavy atom. The second-order valence-electron chi connectivity index (χ2n) is 10.6. The van der Waals surface area contributed by atoms with Crippen LogP contribution in [0.25, 0.3) is 54.4 Å². The molecular weight excluding hydrogens is 735 g/mol. The van der Waals surface area contributed by atoms with E-state index in [0.29, 0.717) is 5.92 Å². The van der Waals surface area contributed by atoms with Gasteiger partial charge in [0.1, 0.15) is 5.01 Å². The van der Waals surface area contributed by atoms with Crippen molar-refractivity contribution in [3.63, 3.8) is 0 Å². The monoisotopic (exact) mass is 766 g/mol. The summed E-state index contributed by atoms with van der Waals surface area (Å²) < 4.78 is 1.06. The summed E-state index contributed by atoms with van der Waals surface area (Å²) in [6.45, 7) is 6.58. The molecule has 0 amide bonds. The van der Waals surface area contributed by atoms with E-state index in [9.17, 15) is 0 Å². The van der Waals surface area contributed by atoms with Crippen LogP contribution in [-0.4, -0.2) is 15.0 Å². The number of hydrogen-bond donors (Lipinski definition) is 0. The number of pyridine rings is 2. The summed E-state index contributed by atoms with van der Waals surface area (Å²) in [4.78, 5) is 14.0. The van der Waals surface area contributed by atoms with E-state index in [1.165, 1.54) is 11.1 Å². The van der Waals surface area contributed by atoms with Gasteiger partial charge in [-0.05, 0) is 51.7 Å². The first-order valence-electron chi connectivity index (χ1n) is 14.4. The minimum Gasteiger partial charge on any atom is -0.305 e. The van der Waals surface area contributed by atoms with Crippen LogP contribution < -0.4 is 0 Å². The van der Waals surface area contributed by atoms with Crippen molar-refractivity contribution in [1.82, 2.24) is 15.0 Å². The molecule has 4 aromatic carbocycles. The van der Waals surface area contributed by atoms with Gasteiger partial charge in [0.15, 0.2) is 0 Å². The van der Waals surface area contributed by atoms with Crippen LogP contribution in [0.15, 0.2) is 128 Å². The maximum absolute atomic E-state index is 5.02. The zero-order valence-electron chi connectivity index (χ0n) is 24.8. The quantitative estimate of drug-likeness (QED) is 0.164. The molecule has 7 rings (SSSR count). The van der Waals surface area contributed by atoms with Gasteiger partial charge in [0.25, 0.3) is 0 Å². The largest absolute Gasteiger partial charge is 0.305 e. The molecule has 219 valence electrons. The Morgan fingerprint density at radius 2 is 1.41 bits per heavy atom. The number of thiazole rings is 1. The maximum atomic E-state index is 5.02. The van der Waals surface area contributed by atoms with E-state index in [4.69, 9.17) is 9.97 Å². The van der Waals surface area contributed by atoms with Gasteiger partial charge in [-0.15, -0.1) is 64.9 Å². The molecule has 0 unspecified atom stereocenters. The number of fused-ring (bicyclic) bond motifs is 1. The van der Waals surface area contributed by atoms with E-state index in [1.807, 2.05) is 60.8 Å². The standard InChI is InChI=1S/C28H23N2S.C11H8N.Ir/c1-18(2)23-16-25(29-17-19(23)3)22-14-24(20-10-6-4-7-11-20)27-26(15-22)31-28(30-27)21-12-8-5-9-13-21;1-2-6-10(7-3-1)11-8-4-5-9-12-11;/h4-14,16-18H,1-3H3;1-6,8-9H;/q2*-1;. The number of aryl methyl sites for hydroxylation is 1. The Bertz CT molecular complexity index is 1900. The summed E-state index contributed by atoms with van der Waals surface area (Å²) in [7, 11) is 0. The predicted octanol–water partition coefficient (Wildman–Crippen LogP) is 10.5. The summed E-state index contributed by atoms with van der Waals surface area (Å²) in [5, 5.41) is 1.01. The van der Waals surface area contributed by atoms with E-state index >= 15 is 0 Å². The van der Waals surface area contributed by atoms with Crippen molar-refractivity contribution in [2.24, 2.45) is 0 Å². The molecule has 3 aromatic heterocycles. The number of aromatic nitrogens is 3. The smallest absolute Gasteiger partial charge is 0.112 e. The molecule has 3 heterocycles. The van der Waals surface area contributed by atoms with Gasteiger partial charge >= 0.3 is 0 Å². The molecule has 0 saturated heterocycles. The summed E-state index contributed by atoms with van der Waals surface area (Å²) in [5.41, 5.74) is 10.9. The van der Waals surface area contributed by atoms with Crippen LogP contribution in [0.1, 0.15) is 30.9 Å². The van der Waals surface area contributed by atoms with Crippen LogP contribution in [0, 0.1) is 19.1 Å². The molecule has 0 N–H and O–H groups in total. The molecule has 1 radical (unpaired) electrons. The van der Waals surface area contributed by atoms with E-state index < -0.39 is 0 Å². The zero-order chi connectivity index (χ0) is 29.6. The molecule has 5 heteroatoms. The van der Waals surface area contributed by atoms with Crippen molar-refractivity contribution < 1.29 is 20.1 Å². The second kappa shape index (κ2) is 14.5. The molecule has 0 fully saturated rings. The summed E-state index contributed by atoms with van der Waals surface area (Å²) in [6, 6.07) is 45.7. The third-order valence-corrected chi connectivity index (χ3v) is 8.24. The molecule has 0 bridgehead atoms. The summed E-state index contributed by atoms with van der Waals surface area (Å²) >= 11 is 1.69. The third kappa shape index (κ3) is 7.09. The van der Waals surface area contributed by atoms with E-state index in [1.54, 1.807) is 17.5 Å². The SMILES string of the molecule is Cc1cnc(-c2[c-]c3sc(-c4ccccc4)nc3c(-c3ccccc3)c2)cc1C(C)C.[Ir].[c-]1ccccc1-c1ccccn1. The average molecular weight is 766 g/mol. The van der Waals surface area contributed by atoms with Crippen molar-refractivity contribution in [3.8, 4) is 44.2 Å². The Hall–Kier alpha value is -4.28. The Kier molecular flexibility index (Phi) is 10.2. The molecular formula is C39H31IrN3S-2. The van der Waals surface area contributed by atoms with Crippen LogP contribution >= 0.6 is 11.3 Å². The van der Waals surface area contributed by atoms with Gasteiger partial charge in [0, 0.05) is 43.6 Å². The van der Waals surface area contributed by atoms with Crippen LogP contribution in [0.3, 0.4) is 0 Å². The van der Waals surface area contributed by atoms with Crippen LogP contribution in [0.4, 0.5) is 0 Å². The molecule has 0 spiro atoms. The maximum Gasteiger partial charge on any atom is 0.112 e. The Labute approximate surface area is 277 Å². The van der Waals surface area contributed by atoms with Gasteiger partial charge in [-0.3, -0.25) is 4.98 Å². The van der Waals surface area contributed by atoms with Crippen LogP contribution in [-0.2, 0) is 20.1 Å². The molecule has 0 aliphatic carbocycles. The van der Waals surface area contributed by atoms with E-state index in [2.05, 4.69) is 98.6 Å². The third-order valence-electron chi connectivity index (χ3n) is 7.22. The Balaban J connectivity index is 0.000000248. The summed E-state index contributed by atoms with van der Waals surface area (Å²) in [6.07, 6.45) is 3.77. The first-order chi connectivity index (χ1) is 21.1. The van der Waals surface area contributed by atoms with Gasteiger partial charge in [0.05, 0.1) is 0 Å². The Morgan fingerprint density at radius 1 is 0.705 bits per heavy atom. The van der Waals surface area contributed by atoms with E-state index in [-0.39, 0.29) is 20.1 Å². The average Bonchev–Trinajstić information content (AvgIpc) is 3.51. The van der Waals surface area contributed by atoms with Crippen LogP contribution in [0.5, 0.6) is 0 Å². The molecule has 0 aliphatic rings. The van der Waals surface area contributed by atoms with Crippen LogP contribution in [0.2, 0.25) is 0 Å². The molecule has 7 aromatic rings. The molecule has 44 heavy (non-hydrogen) atoms. The fourth-order valence-corrected chi connectivity index (χ4v) is 6.02. The van der Waals surface area contributed by atoms with E-state index in [0.717, 1.165) is 54.4 Å². The van der Waals surface area contributed by atoms with Crippen molar-refractivity contribution in [2.75, 3.05) is 0 Å².